The molecule has 1 fully saturated rings. The molecule has 1 saturated heterocycles. The maximum absolute atomic E-state index is 14.4. The molecule has 14 atom stereocenters. The minimum atomic E-state index is -1.69. The summed E-state index contributed by atoms with van der Waals surface area (Å²) in [6.45, 7) is 12.6. The smallest absolute Gasteiger partial charge is 0.245 e. The summed E-state index contributed by atoms with van der Waals surface area (Å²) in [5.41, 5.74) is 29.3. The predicted octanol–water partition coefficient (Wildman–Crippen LogP) is -5.05. The Kier molecular flexibility index (Phi) is 36.3. The fraction of sp³-hybridized carbons (Fsp3) is 0.796. The molecule has 0 aromatic carbocycles. The minimum Gasteiger partial charge on any atom is -0.391 e. The minimum absolute atomic E-state index is 0.0120. The molecule has 0 spiro atoms. The number of hydrogen-bond donors (Lipinski definition) is 18. The van der Waals surface area contributed by atoms with E-state index >= 15 is 0 Å². The molecule has 0 aromatic rings. The highest BCUT2D eigenvalue weighted by Gasteiger charge is 2.38. The van der Waals surface area contributed by atoms with Crippen molar-refractivity contribution in [3.8, 4) is 0 Å². The van der Waals surface area contributed by atoms with Gasteiger partial charge < -0.3 is 97.4 Å². The van der Waals surface area contributed by atoms with Crippen LogP contribution in [0.3, 0.4) is 0 Å². The number of hydrogen-bond acceptors (Lipinski definition) is 18. The molecule has 1 aliphatic rings. The number of rotatable bonds is 30. The van der Waals surface area contributed by atoms with Crippen LogP contribution in [-0.4, -0.2) is 187 Å². The first-order valence-corrected chi connectivity index (χ1v) is 29.4. The van der Waals surface area contributed by atoms with Gasteiger partial charge in [-0.25, -0.2) is 0 Å². The Morgan fingerprint density at radius 3 is 1.52 bits per heavy atom. The van der Waals surface area contributed by atoms with Crippen LogP contribution in [-0.2, 0) is 52.7 Å². The number of carbonyl (C=O) groups excluding carboxylic acids is 11. The van der Waals surface area contributed by atoms with E-state index in [2.05, 4.69) is 72.3 Å². The molecule has 83 heavy (non-hydrogen) atoms. The SMILES string of the molecule is CCC(C)CCCCCC(=O)NC(CCN)C(=O)NC(C(=O)NC(CCN)C(=O)NC1CCNC(=O)C(C(C)O)NC(=O)C(CCN)NC(=O)C(CCN)NC(=O)C(C(C)CC)NC(=O)C(CC(C)C)NC(=O)C(CCN)NC1=O)C(C)O. The molecule has 14 unspecified atom stereocenters. The molecule has 11 amide bonds. The van der Waals surface area contributed by atoms with Crippen molar-refractivity contribution in [1.82, 2.24) is 58.5 Å². The number of aliphatic hydroxyl groups is 2. The summed E-state index contributed by atoms with van der Waals surface area (Å²) in [5, 5.41) is 49.6. The van der Waals surface area contributed by atoms with Crippen molar-refractivity contribution in [1.29, 1.82) is 0 Å². The Hall–Kier alpha value is -6.11. The topological polar surface area (TPSA) is 491 Å². The molecule has 1 rings (SSSR count). The fourth-order valence-electron chi connectivity index (χ4n) is 8.91. The summed E-state index contributed by atoms with van der Waals surface area (Å²) >= 11 is 0. The Balaban J connectivity index is 3.79. The number of nitrogens with one attached hydrogen (secondary N) is 11. The van der Waals surface area contributed by atoms with E-state index in [0.29, 0.717) is 18.8 Å². The van der Waals surface area contributed by atoms with Gasteiger partial charge in [-0.3, -0.25) is 52.7 Å². The standard InChI is InChI=1S/C54H102N16O13/c1-9-30(5)14-12-11-13-15-41(73)61-34(16-22-55)49(78)70-44(33(8)72)54(83)66-37(19-25-58)46(75)64-39-21-27-60-52(81)43(32(7)71)69-50(79)38(20-26-59)63-45(74)36(18-24-57)65-53(82)42(31(6)10-2)68-51(80)40(28-29(3)4)67-47(76)35(17-23-56)62-48(39)77/h29-40,42-44,71-72H,9-28,55-59H2,1-8H3,(H,60,81)(H,61,73)(H,62,77)(H,63,74)(H,64,75)(H,65,82)(H,66,83)(H,67,76)(H,68,80)(H,69,79)(H,70,78). The summed E-state index contributed by atoms with van der Waals surface area (Å²) < 4.78 is 0. The lowest BCUT2D eigenvalue weighted by atomic mass is 9.96. The average Bonchev–Trinajstić information content (AvgIpc) is 3.49. The summed E-state index contributed by atoms with van der Waals surface area (Å²) in [5.74, 6) is -9.76. The van der Waals surface area contributed by atoms with E-state index in [1.54, 1.807) is 27.7 Å². The molecule has 1 heterocycles. The molecule has 0 saturated carbocycles. The predicted molar refractivity (Wildman–Crippen MR) is 310 cm³/mol. The van der Waals surface area contributed by atoms with Gasteiger partial charge in [0.2, 0.25) is 65.0 Å². The van der Waals surface area contributed by atoms with Crippen LogP contribution in [0.25, 0.3) is 0 Å². The van der Waals surface area contributed by atoms with Gasteiger partial charge in [0.25, 0.3) is 0 Å². The van der Waals surface area contributed by atoms with Crippen molar-refractivity contribution in [2.24, 2.45) is 46.4 Å². The van der Waals surface area contributed by atoms with Crippen LogP contribution in [0.4, 0.5) is 0 Å². The largest absolute Gasteiger partial charge is 0.391 e. The van der Waals surface area contributed by atoms with E-state index in [-0.39, 0.29) is 83.6 Å². The molecule has 1 aliphatic heterocycles. The van der Waals surface area contributed by atoms with Crippen molar-refractivity contribution >= 4 is 65.0 Å². The van der Waals surface area contributed by atoms with Gasteiger partial charge >= 0.3 is 0 Å². The van der Waals surface area contributed by atoms with Crippen LogP contribution in [0.5, 0.6) is 0 Å². The van der Waals surface area contributed by atoms with Gasteiger partial charge in [0.15, 0.2) is 0 Å². The van der Waals surface area contributed by atoms with Gasteiger partial charge in [0.1, 0.15) is 60.4 Å². The molecule has 0 bridgehead atoms. The summed E-state index contributed by atoms with van der Waals surface area (Å²) in [4.78, 5) is 153. The van der Waals surface area contributed by atoms with E-state index < -0.39 is 156 Å². The second-order valence-corrected chi connectivity index (χ2v) is 22.0. The highest BCUT2D eigenvalue weighted by atomic mass is 16.3. The maximum Gasteiger partial charge on any atom is 0.245 e. The van der Waals surface area contributed by atoms with E-state index in [0.717, 1.165) is 25.7 Å². The third-order valence-electron chi connectivity index (χ3n) is 14.4. The lowest BCUT2D eigenvalue weighted by molar-refractivity contribution is -0.137. The quantitative estimate of drug-likeness (QED) is 0.0299. The molecular formula is C54H102N16O13. The third-order valence-corrected chi connectivity index (χ3v) is 14.4. The Labute approximate surface area is 488 Å². The van der Waals surface area contributed by atoms with Gasteiger partial charge in [-0.15, -0.1) is 0 Å². The van der Waals surface area contributed by atoms with Crippen LogP contribution in [0.2, 0.25) is 0 Å². The fourth-order valence-corrected chi connectivity index (χ4v) is 8.91. The molecule has 0 aromatic heterocycles. The lowest BCUT2D eigenvalue weighted by Gasteiger charge is -2.30. The van der Waals surface area contributed by atoms with E-state index in [1.165, 1.54) is 13.8 Å². The van der Waals surface area contributed by atoms with Crippen LogP contribution in [0.1, 0.15) is 145 Å². The Bertz CT molecular complexity index is 2090. The van der Waals surface area contributed by atoms with Crippen molar-refractivity contribution in [2.75, 3.05) is 39.3 Å². The highest BCUT2D eigenvalue weighted by Crippen LogP contribution is 2.15. The molecule has 29 heteroatoms. The van der Waals surface area contributed by atoms with Crippen LogP contribution in [0.15, 0.2) is 0 Å². The van der Waals surface area contributed by atoms with Gasteiger partial charge in [0.05, 0.1) is 12.2 Å². The number of nitrogens with two attached hydrogens (primary N) is 5. The summed E-state index contributed by atoms with van der Waals surface area (Å²) in [6.07, 6.45) is 0.643. The summed E-state index contributed by atoms with van der Waals surface area (Å²) in [6, 6.07) is -14.5. The van der Waals surface area contributed by atoms with Crippen molar-refractivity contribution in [2.45, 2.75) is 218 Å². The summed E-state index contributed by atoms with van der Waals surface area (Å²) in [7, 11) is 0. The first kappa shape index (κ1) is 74.9. The second-order valence-electron chi connectivity index (χ2n) is 22.0. The Morgan fingerprint density at radius 1 is 0.530 bits per heavy atom. The van der Waals surface area contributed by atoms with Crippen LogP contribution in [0, 0.1) is 17.8 Å². The van der Waals surface area contributed by atoms with Crippen LogP contribution >= 0.6 is 0 Å². The number of amides is 11. The first-order chi connectivity index (χ1) is 39.2. The van der Waals surface area contributed by atoms with Gasteiger partial charge in [0, 0.05) is 13.0 Å². The molecule has 0 aliphatic carbocycles. The average molecular weight is 1180 g/mol. The number of aliphatic hydroxyl groups excluding tert-OH is 2. The van der Waals surface area contributed by atoms with Gasteiger partial charge in [-0.05, 0) is 116 Å². The van der Waals surface area contributed by atoms with Crippen LogP contribution < -0.4 is 87.2 Å². The molecule has 0 radical (unpaired) electrons. The van der Waals surface area contributed by atoms with Crippen molar-refractivity contribution in [3.05, 3.63) is 0 Å². The third kappa shape index (κ3) is 27.4. The molecular weight excluding hydrogens is 1080 g/mol. The first-order valence-electron chi connectivity index (χ1n) is 29.4. The Morgan fingerprint density at radius 2 is 1.02 bits per heavy atom. The number of unbranched alkanes of at least 4 members (excludes halogenated alkanes) is 2. The lowest BCUT2D eigenvalue weighted by Crippen LogP contribution is -2.62. The molecule has 29 nitrogen and oxygen atoms in total. The van der Waals surface area contributed by atoms with Crippen molar-refractivity contribution < 1.29 is 63.0 Å². The van der Waals surface area contributed by atoms with Gasteiger partial charge in [-0.2, -0.15) is 0 Å². The van der Waals surface area contributed by atoms with E-state index in [9.17, 15) is 63.0 Å². The molecule has 476 valence electrons. The van der Waals surface area contributed by atoms with E-state index in [4.69, 9.17) is 28.7 Å². The zero-order valence-corrected chi connectivity index (χ0v) is 50.1. The van der Waals surface area contributed by atoms with Gasteiger partial charge in [-0.1, -0.05) is 73.6 Å². The zero-order chi connectivity index (χ0) is 62.9. The number of carbonyl (C=O) groups is 11. The maximum atomic E-state index is 14.4. The monoisotopic (exact) mass is 1180 g/mol. The van der Waals surface area contributed by atoms with E-state index in [1.807, 2.05) is 0 Å². The normalized spacial score (nSPS) is 23.6. The molecule has 23 N–H and O–H groups in total. The van der Waals surface area contributed by atoms with Crippen molar-refractivity contribution in [3.63, 3.8) is 0 Å². The zero-order valence-electron chi connectivity index (χ0n) is 50.1. The second kappa shape index (κ2) is 40.2. The highest BCUT2D eigenvalue weighted by molar-refractivity contribution is 5.99.